The van der Waals surface area contributed by atoms with Crippen molar-refractivity contribution < 1.29 is 23.9 Å². The highest BCUT2D eigenvalue weighted by molar-refractivity contribution is 6.00. The number of carbonyl (C=O) groups is 3. The molecule has 0 aliphatic heterocycles. The van der Waals surface area contributed by atoms with E-state index in [-0.39, 0.29) is 12.3 Å². The Balaban J connectivity index is 1.84. The van der Waals surface area contributed by atoms with Crippen LogP contribution in [-0.4, -0.2) is 37.4 Å². The van der Waals surface area contributed by atoms with Gasteiger partial charge >= 0.3 is 5.97 Å². The zero-order valence-corrected chi connectivity index (χ0v) is 14.9. The normalized spacial score (nSPS) is 11.3. The third-order valence-electron chi connectivity index (χ3n) is 3.76. The monoisotopic (exact) mass is 355 g/mol. The van der Waals surface area contributed by atoms with Crippen molar-refractivity contribution in [3.05, 3.63) is 65.2 Å². The zero-order chi connectivity index (χ0) is 19.1. The van der Waals surface area contributed by atoms with Gasteiger partial charge in [-0.1, -0.05) is 29.8 Å². The highest BCUT2D eigenvalue weighted by Crippen LogP contribution is 2.11. The Labute approximate surface area is 152 Å². The number of amides is 1. The van der Waals surface area contributed by atoms with Gasteiger partial charge in [-0.05, 0) is 38.1 Å². The fraction of sp³-hybridized carbons (Fsp3) is 0.250. The van der Waals surface area contributed by atoms with Gasteiger partial charge in [0.25, 0.3) is 5.91 Å². The summed E-state index contributed by atoms with van der Waals surface area (Å²) in [6.45, 7) is 3.10. The molecule has 1 N–H and O–H groups in total. The number of hydrogen-bond acceptors (Lipinski definition) is 5. The molecule has 2 rings (SSSR count). The average molecular weight is 355 g/mol. The second-order valence-electron chi connectivity index (χ2n) is 5.77. The molecule has 1 atom stereocenters. The van der Waals surface area contributed by atoms with Crippen LogP contribution in [0.15, 0.2) is 48.5 Å². The van der Waals surface area contributed by atoms with Crippen LogP contribution in [0.2, 0.25) is 0 Å². The Kier molecular flexibility index (Phi) is 6.49. The molecule has 0 aromatic heterocycles. The van der Waals surface area contributed by atoms with E-state index in [0.29, 0.717) is 16.9 Å². The fourth-order valence-corrected chi connectivity index (χ4v) is 2.24. The van der Waals surface area contributed by atoms with E-state index in [2.05, 4.69) is 5.32 Å². The summed E-state index contributed by atoms with van der Waals surface area (Å²) in [6, 6.07) is 13.5. The summed E-state index contributed by atoms with van der Waals surface area (Å²) in [4.78, 5) is 36.1. The number of esters is 1. The summed E-state index contributed by atoms with van der Waals surface area (Å²) in [5.74, 6) is -0.758. The standard InChI is InChI=1S/C20H21NO5/c1-13-4-6-15(7-5-13)19(23)14(2)26-18(22)12-21-20(24)16-8-10-17(25-3)11-9-16/h4-11,14H,12H2,1-3H3,(H,21,24)/t14-/m1/s1. The van der Waals surface area contributed by atoms with Gasteiger partial charge in [-0.15, -0.1) is 0 Å². The first-order chi connectivity index (χ1) is 12.4. The molecule has 0 fully saturated rings. The lowest BCUT2D eigenvalue weighted by Crippen LogP contribution is -2.34. The van der Waals surface area contributed by atoms with Crippen molar-refractivity contribution in [2.45, 2.75) is 20.0 Å². The quantitative estimate of drug-likeness (QED) is 0.610. The molecule has 2 aromatic carbocycles. The van der Waals surface area contributed by atoms with E-state index < -0.39 is 18.0 Å². The Hall–Kier alpha value is -3.15. The van der Waals surface area contributed by atoms with Crippen LogP contribution in [0, 0.1) is 6.92 Å². The van der Waals surface area contributed by atoms with Gasteiger partial charge in [-0.25, -0.2) is 0 Å². The molecule has 136 valence electrons. The molecule has 0 bridgehead atoms. The number of aryl methyl sites for hydroxylation is 1. The lowest BCUT2D eigenvalue weighted by Gasteiger charge is -2.13. The van der Waals surface area contributed by atoms with Crippen LogP contribution in [-0.2, 0) is 9.53 Å². The van der Waals surface area contributed by atoms with Crippen LogP contribution in [0.4, 0.5) is 0 Å². The number of Topliss-reactive ketones (excluding diaryl/α,β-unsaturated/α-hetero) is 1. The molecule has 6 heteroatoms. The molecule has 0 saturated carbocycles. The Morgan fingerprint density at radius 1 is 0.962 bits per heavy atom. The predicted octanol–water partition coefficient (Wildman–Crippen LogP) is 2.55. The second-order valence-corrected chi connectivity index (χ2v) is 5.77. The second kappa shape index (κ2) is 8.80. The first kappa shape index (κ1) is 19.2. The van der Waals surface area contributed by atoms with E-state index in [1.165, 1.54) is 14.0 Å². The van der Waals surface area contributed by atoms with Crippen molar-refractivity contribution in [3.8, 4) is 5.75 Å². The first-order valence-corrected chi connectivity index (χ1v) is 8.13. The number of carbonyl (C=O) groups excluding carboxylic acids is 3. The third kappa shape index (κ3) is 5.17. The maximum absolute atomic E-state index is 12.2. The smallest absolute Gasteiger partial charge is 0.326 e. The van der Waals surface area contributed by atoms with Crippen LogP contribution < -0.4 is 10.1 Å². The zero-order valence-electron chi connectivity index (χ0n) is 14.9. The van der Waals surface area contributed by atoms with E-state index in [0.717, 1.165) is 5.56 Å². The molecule has 6 nitrogen and oxygen atoms in total. The van der Waals surface area contributed by atoms with Gasteiger partial charge < -0.3 is 14.8 Å². The summed E-state index contributed by atoms with van der Waals surface area (Å²) in [5.41, 5.74) is 1.90. The van der Waals surface area contributed by atoms with Crippen molar-refractivity contribution in [1.29, 1.82) is 0 Å². The number of ketones is 1. The van der Waals surface area contributed by atoms with Crippen LogP contribution in [0.1, 0.15) is 33.2 Å². The van der Waals surface area contributed by atoms with Crippen LogP contribution in [0.5, 0.6) is 5.75 Å². The van der Waals surface area contributed by atoms with Crippen molar-refractivity contribution in [3.63, 3.8) is 0 Å². The molecule has 0 aliphatic carbocycles. The summed E-state index contributed by atoms with van der Waals surface area (Å²) in [5, 5.41) is 2.46. The highest BCUT2D eigenvalue weighted by Gasteiger charge is 2.19. The predicted molar refractivity (Wildman–Crippen MR) is 96.4 cm³/mol. The maximum atomic E-state index is 12.2. The van der Waals surface area contributed by atoms with E-state index in [4.69, 9.17) is 9.47 Å². The molecule has 0 saturated heterocycles. The Morgan fingerprint density at radius 2 is 1.54 bits per heavy atom. The van der Waals surface area contributed by atoms with Crippen LogP contribution in [0.3, 0.4) is 0 Å². The highest BCUT2D eigenvalue weighted by atomic mass is 16.5. The minimum absolute atomic E-state index is 0.292. The van der Waals surface area contributed by atoms with Crippen molar-refractivity contribution >= 4 is 17.7 Å². The minimum atomic E-state index is -0.928. The Bertz CT molecular complexity index is 781. The lowest BCUT2D eigenvalue weighted by atomic mass is 10.1. The van der Waals surface area contributed by atoms with Crippen molar-refractivity contribution in [2.75, 3.05) is 13.7 Å². The summed E-state index contributed by atoms with van der Waals surface area (Å²) in [7, 11) is 1.53. The largest absolute Gasteiger partial charge is 0.497 e. The van der Waals surface area contributed by atoms with Gasteiger partial charge in [0.15, 0.2) is 6.10 Å². The molecule has 0 radical (unpaired) electrons. The third-order valence-corrected chi connectivity index (χ3v) is 3.76. The van der Waals surface area contributed by atoms with Gasteiger partial charge in [0.2, 0.25) is 5.78 Å². The number of hydrogen-bond donors (Lipinski definition) is 1. The molecular weight excluding hydrogens is 334 g/mol. The number of benzene rings is 2. The van der Waals surface area contributed by atoms with Gasteiger partial charge in [0.1, 0.15) is 12.3 Å². The topological polar surface area (TPSA) is 81.7 Å². The van der Waals surface area contributed by atoms with E-state index in [1.54, 1.807) is 36.4 Å². The summed E-state index contributed by atoms with van der Waals surface area (Å²) < 4.78 is 10.1. The molecule has 0 aliphatic rings. The average Bonchev–Trinajstić information content (AvgIpc) is 2.66. The molecule has 0 heterocycles. The van der Waals surface area contributed by atoms with Gasteiger partial charge in [0.05, 0.1) is 7.11 Å². The van der Waals surface area contributed by atoms with Gasteiger partial charge in [-0.3, -0.25) is 14.4 Å². The summed E-state index contributed by atoms with van der Waals surface area (Å²) >= 11 is 0. The van der Waals surface area contributed by atoms with Crippen LogP contribution in [0.25, 0.3) is 0 Å². The fourth-order valence-electron chi connectivity index (χ4n) is 2.24. The van der Waals surface area contributed by atoms with E-state index in [1.807, 2.05) is 19.1 Å². The van der Waals surface area contributed by atoms with Crippen molar-refractivity contribution in [2.24, 2.45) is 0 Å². The van der Waals surface area contributed by atoms with Crippen LogP contribution >= 0.6 is 0 Å². The summed E-state index contributed by atoms with van der Waals surface area (Å²) in [6.07, 6.45) is -0.928. The van der Waals surface area contributed by atoms with E-state index >= 15 is 0 Å². The molecule has 26 heavy (non-hydrogen) atoms. The van der Waals surface area contributed by atoms with Gasteiger partial charge in [0, 0.05) is 11.1 Å². The molecule has 2 aromatic rings. The van der Waals surface area contributed by atoms with Crippen molar-refractivity contribution in [1.82, 2.24) is 5.32 Å². The maximum Gasteiger partial charge on any atom is 0.326 e. The lowest BCUT2D eigenvalue weighted by molar-refractivity contribution is -0.145. The molecule has 1 amide bonds. The SMILES string of the molecule is COc1ccc(C(=O)NCC(=O)O[C@H](C)C(=O)c2ccc(C)cc2)cc1. The number of nitrogens with one attached hydrogen (secondary N) is 1. The molecule has 0 spiro atoms. The first-order valence-electron chi connectivity index (χ1n) is 8.13. The Morgan fingerprint density at radius 3 is 2.12 bits per heavy atom. The number of rotatable bonds is 7. The minimum Gasteiger partial charge on any atom is -0.497 e. The van der Waals surface area contributed by atoms with Gasteiger partial charge in [-0.2, -0.15) is 0 Å². The number of ether oxygens (including phenoxy) is 2. The molecule has 0 unspecified atom stereocenters. The molecular formula is C20H21NO5. The number of methoxy groups -OCH3 is 1. The van der Waals surface area contributed by atoms with E-state index in [9.17, 15) is 14.4 Å².